The minimum atomic E-state index is -0.679. The Morgan fingerprint density at radius 1 is 1.59 bits per heavy atom. The Bertz CT molecular complexity index is 424. The van der Waals surface area contributed by atoms with Crippen molar-refractivity contribution in [3.8, 4) is 6.07 Å². The first-order valence-corrected chi connectivity index (χ1v) is 5.51. The molecule has 0 bridgehead atoms. The number of hydrogen-bond acceptors (Lipinski definition) is 4. The van der Waals surface area contributed by atoms with Gasteiger partial charge in [0, 0.05) is 12.2 Å². The zero-order chi connectivity index (χ0) is 12.7. The molecular weight excluding hydrogens is 216 g/mol. The van der Waals surface area contributed by atoms with Gasteiger partial charge in [0.2, 0.25) is 0 Å². The van der Waals surface area contributed by atoms with Crippen LogP contribution >= 0.6 is 0 Å². The summed E-state index contributed by atoms with van der Waals surface area (Å²) in [6.07, 6.45) is -0.429. The van der Waals surface area contributed by atoms with Gasteiger partial charge in [-0.2, -0.15) is 5.26 Å². The number of carbonyl (C=O) groups is 1. The van der Waals surface area contributed by atoms with E-state index in [9.17, 15) is 4.79 Å². The van der Waals surface area contributed by atoms with Gasteiger partial charge in [-0.25, -0.2) is 0 Å². The summed E-state index contributed by atoms with van der Waals surface area (Å²) in [7, 11) is 0. The molecule has 4 heteroatoms. The Kier molecular flexibility index (Phi) is 5.02. The number of anilines is 1. The molecule has 1 atom stereocenters. The van der Waals surface area contributed by atoms with Crippen molar-refractivity contribution >= 4 is 11.7 Å². The van der Waals surface area contributed by atoms with Crippen LogP contribution in [0.3, 0.4) is 0 Å². The molecule has 1 N–H and O–H groups in total. The average molecular weight is 232 g/mol. The van der Waals surface area contributed by atoms with Crippen LogP contribution in [-0.4, -0.2) is 18.6 Å². The summed E-state index contributed by atoms with van der Waals surface area (Å²) >= 11 is 0. The summed E-state index contributed by atoms with van der Waals surface area (Å²) in [6.45, 7) is 4.06. The Balaban J connectivity index is 2.29. The van der Waals surface area contributed by atoms with Crippen LogP contribution in [-0.2, 0) is 9.53 Å². The fourth-order valence-electron chi connectivity index (χ4n) is 1.35. The van der Waals surface area contributed by atoms with Gasteiger partial charge in [-0.05, 0) is 31.5 Å². The Labute approximate surface area is 101 Å². The number of nitriles is 1. The second kappa shape index (κ2) is 6.54. The van der Waals surface area contributed by atoms with Crippen LogP contribution in [0.2, 0.25) is 0 Å². The normalized spacial score (nSPS) is 11.4. The quantitative estimate of drug-likeness (QED) is 0.791. The fourth-order valence-corrected chi connectivity index (χ4v) is 1.35. The van der Waals surface area contributed by atoms with Gasteiger partial charge in [-0.3, -0.25) is 4.79 Å². The van der Waals surface area contributed by atoms with Gasteiger partial charge >= 0.3 is 5.97 Å². The highest BCUT2D eigenvalue weighted by Gasteiger charge is 2.07. The Morgan fingerprint density at radius 3 is 3.00 bits per heavy atom. The molecule has 0 spiro atoms. The smallest absolute Gasteiger partial charge is 0.308 e. The lowest BCUT2D eigenvalue weighted by Gasteiger charge is -2.08. The lowest BCUT2D eigenvalue weighted by atomic mass is 10.2. The molecule has 0 aliphatic heterocycles. The van der Waals surface area contributed by atoms with E-state index < -0.39 is 6.10 Å². The van der Waals surface area contributed by atoms with Crippen LogP contribution in [0.5, 0.6) is 0 Å². The van der Waals surface area contributed by atoms with E-state index in [1.165, 1.54) is 0 Å². The molecule has 1 aromatic carbocycles. The van der Waals surface area contributed by atoms with Crippen molar-refractivity contribution in [1.29, 1.82) is 5.26 Å². The maximum Gasteiger partial charge on any atom is 0.308 e. The van der Waals surface area contributed by atoms with Gasteiger partial charge in [0.25, 0.3) is 0 Å². The number of ether oxygens (including phenoxy) is 1. The fraction of sp³-hybridized carbons (Fsp3) is 0.385. The maximum atomic E-state index is 11.3. The second-order valence-corrected chi connectivity index (χ2v) is 3.81. The molecule has 0 aliphatic carbocycles. The summed E-state index contributed by atoms with van der Waals surface area (Å²) in [5.41, 5.74) is 2.14. The first-order chi connectivity index (χ1) is 8.11. The number of esters is 1. The third-order valence-electron chi connectivity index (χ3n) is 2.17. The van der Waals surface area contributed by atoms with Crippen LogP contribution in [0.25, 0.3) is 0 Å². The molecule has 0 fully saturated rings. The standard InChI is InChI=1S/C13H16N2O2/c1-10-4-3-5-12(8-10)15-7-6-13(16)17-11(2)9-14/h3-5,8,11,15H,6-7H2,1-2H3. The van der Waals surface area contributed by atoms with Crippen LogP contribution in [0, 0.1) is 18.3 Å². The first-order valence-electron chi connectivity index (χ1n) is 5.51. The molecule has 0 saturated heterocycles. The largest absolute Gasteiger partial charge is 0.447 e. The van der Waals surface area contributed by atoms with E-state index in [2.05, 4.69) is 5.32 Å². The first kappa shape index (κ1) is 13.0. The maximum absolute atomic E-state index is 11.3. The third kappa shape index (κ3) is 5.03. The lowest BCUT2D eigenvalue weighted by Crippen LogP contribution is -2.16. The molecule has 1 aromatic rings. The van der Waals surface area contributed by atoms with E-state index in [4.69, 9.17) is 10.00 Å². The summed E-state index contributed by atoms with van der Waals surface area (Å²) in [6, 6.07) is 9.75. The zero-order valence-corrected chi connectivity index (χ0v) is 10.1. The molecule has 0 radical (unpaired) electrons. The molecular formula is C13H16N2O2. The predicted octanol–water partition coefficient (Wildman–Crippen LogP) is 2.25. The van der Waals surface area contributed by atoms with Gasteiger partial charge in [0.1, 0.15) is 6.07 Å². The minimum absolute atomic E-state index is 0.250. The highest BCUT2D eigenvalue weighted by molar-refractivity contribution is 5.70. The lowest BCUT2D eigenvalue weighted by molar-refractivity contribution is -0.145. The number of hydrogen-bond donors (Lipinski definition) is 1. The molecule has 0 amide bonds. The van der Waals surface area contributed by atoms with Crippen molar-refractivity contribution in [2.24, 2.45) is 0 Å². The summed E-state index contributed by atoms with van der Waals surface area (Å²) in [4.78, 5) is 11.3. The SMILES string of the molecule is Cc1cccc(NCCC(=O)OC(C)C#N)c1. The third-order valence-corrected chi connectivity index (χ3v) is 2.17. The topological polar surface area (TPSA) is 62.1 Å². The Hall–Kier alpha value is -2.02. The molecule has 17 heavy (non-hydrogen) atoms. The van der Waals surface area contributed by atoms with Crippen LogP contribution < -0.4 is 5.32 Å². The highest BCUT2D eigenvalue weighted by Crippen LogP contribution is 2.09. The second-order valence-electron chi connectivity index (χ2n) is 3.81. The number of nitrogens with zero attached hydrogens (tertiary/aromatic N) is 1. The number of aryl methyl sites for hydroxylation is 1. The van der Waals surface area contributed by atoms with Crippen molar-refractivity contribution in [2.75, 3.05) is 11.9 Å². The monoisotopic (exact) mass is 232 g/mol. The van der Waals surface area contributed by atoms with Crippen LogP contribution in [0.4, 0.5) is 5.69 Å². The van der Waals surface area contributed by atoms with Crippen LogP contribution in [0.1, 0.15) is 18.9 Å². The molecule has 4 nitrogen and oxygen atoms in total. The number of nitrogens with one attached hydrogen (secondary N) is 1. The van der Waals surface area contributed by atoms with Gasteiger partial charge in [0.05, 0.1) is 6.42 Å². The van der Waals surface area contributed by atoms with Gasteiger partial charge < -0.3 is 10.1 Å². The number of rotatable bonds is 5. The van der Waals surface area contributed by atoms with Gasteiger partial charge in [-0.1, -0.05) is 12.1 Å². The number of carbonyl (C=O) groups excluding carboxylic acids is 1. The molecule has 1 unspecified atom stereocenters. The van der Waals surface area contributed by atoms with E-state index in [-0.39, 0.29) is 12.4 Å². The molecule has 90 valence electrons. The summed E-state index contributed by atoms with van der Waals surface area (Å²) in [5.74, 6) is -0.362. The van der Waals surface area contributed by atoms with Crippen molar-refractivity contribution in [1.82, 2.24) is 0 Å². The van der Waals surface area contributed by atoms with Gasteiger partial charge in [0.15, 0.2) is 6.10 Å². The van der Waals surface area contributed by atoms with E-state index >= 15 is 0 Å². The van der Waals surface area contributed by atoms with E-state index in [0.29, 0.717) is 6.54 Å². The molecule has 0 aromatic heterocycles. The molecule has 0 aliphatic rings. The highest BCUT2D eigenvalue weighted by atomic mass is 16.5. The van der Waals surface area contributed by atoms with E-state index in [1.807, 2.05) is 37.3 Å². The van der Waals surface area contributed by atoms with Crippen molar-refractivity contribution < 1.29 is 9.53 Å². The number of benzene rings is 1. The van der Waals surface area contributed by atoms with Gasteiger partial charge in [-0.15, -0.1) is 0 Å². The predicted molar refractivity (Wildman–Crippen MR) is 65.5 cm³/mol. The summed E-state index contributed by atoms with van der Waals surface area (Å²) in [5, 5.41) is 11.6. The van der Waals surface area contributed by atoms with Crippen molar-refractivity contribution in [3.05, 3.63) is 29.8 Å². The average Bonchev–Trinajstić information content (AvgIpc) is 2.29. The zero-order valence-electron chi connectivity index (χ0n) is 10.1. The summed E-state index contributed by atoms with van der Waals surface area (Å²) < 4.78 is 4.82. The minimum Gasteiger partial charge on any atom is -0.447 e. The van der Waals surface area contributed by atoms with Crippen molar-refractivity contribution in [3.63, 3.8) is 0 Å². The molecule has 0 saturated carbocycles. The van der Waals surface area contributed by atoms with Crippen LogP contribution in [0.15, 0.2) is 24.3 Å². The van der Waals surface area contributed by atoms with E-state index in [0.717, 1.165) is 11.3 Å². The Morgan fingerprint density at radius 2 is 2.35 bits per heavy atom. The van der Waals surface area contributed by atoms with E-state index in [1.54, 1.807) is 6.92 Å². The molecule has 0 heterocycles. The van der Waals surface area contributed by atoms with Crippen molar-refractivity contribution in [2.45, 2.75) is 26.4 Å². The molecule has 1 rings (SSSR count).